The Morgan fingerprint density at radius 2 is 1.67 bits per heavy atom. The molecule has 138 valence electrons. The third-order valence-electron chi connectivity index (χ3n) is 4.02. The van der Waals surface area contributed by atoms with Gasteiger partial charge in [-0.15, -0.1) is 0 Å². The zero-order valence-electron chi connectivity index (χ0n) is 14.9. The third-order valence-corrected chi connectivity index (χ3v) is 4.27. The lowest BCUT2D eigenvalue weighted by atomic mass is 10.2. The van der Waals surface area contributed by atoms with Crippen LogP contribution in [0.5, 0.6) is 5.75 Å². The molecule has 2 aromatic carbocycles. The van der Waals surface area contributed by atoms with Gasteiger partial charge < -0.3 is 15.4 Å². The summed E-state index contributed by atoms with van der Waals surface area (Å²) in [7, 11) is 1.62. The smallest absolute Gasteiger partial charge is 0.253 e. The van der Waals surface area contributed by atoms with E-state index in [0.717, 1.165) is 22.6 Å². The van der Waals surface area contributed by atoms with Crippen LogP contribution in [0.25, 0.3) is 0 Å². The highest BCUT2D eigenvalue weighted by Crippen LogP contribution is 2.14. The second kappa shape index (κ2) is 9.05. The third kappa shape index (κ3) is 5.46. The van der Waals surface area contributed by atoms with Gasteiger partial charge in [0.05, 0.1) is 18.4 Å². The molecule has 0 saturated carbocycles. The highest BCUT2D eigenvalue weighted by molar-refractivity contribution is 6.30. The highest BCUT2D eigenvalue weighted by Gasteiger charge is 2.07. The number of benzene rings is 2. The van der Waals surface area contributed by atoms with Gasteiger partial charge in [-0.05, 0) is 41.5 Å². The lowest BCUT2D eigenvalue weighted by Gasteiger charge is -2.09. The number of pyridine rings is 1. The summed E-state index contributed by atoms with van der Waals surface area (Å²) in [6.07, 6.45) is 3.24. The van der Waals surface area contributed by atoms with Crippen LogP contribution in [-0.2, 0) is 13.1 Å². The van der Waals surface area contributed by atoms with Gasteiger partial charge in [-0.2, -0.15) is 0 Å². The number of anilines is 1. The maximum atomic E-state index is 12.4. The van der Waals surface area contributed by atoms with Crippen LogP contribution < -0.4 is 15.4 Å². The Morgan fingerprint density at radius 1 is 1.00 bits per heavy atom. The minimum Gasteiger partial charge on any atom is -0.497 e. The van der Waals surface area contributed by atoms with E-state index in [-0.39, 0.29) is 5.91 Å². The van der Waals surface area contributed by atoms with Crippen molar-refractivity contribution >= 4 is 23.2 Å². The predicted octanol–water partition coefficient (Wildman–Crippen LogP) is 4.29. The van der Waals surface area contributed by atoms with Gasteiger partial charge >= 0.3 is 0 Å². The lowest BCUT2D eigenvalue weighted by molar-refractivity contribution is 0.0950. The summed E-state index contributed by atoms with van der Waals surface area (Å²) in [6, 6.07) is 17.0. The fourth-order valence-electron chi connectivity index (χ4n) is 2.49. The minimum atomic E-state index is -0.173. The van der Waals surface area contributed by atoms with Crippen LogP contribution in [0.4, 0.5) is 5.69 Å². The maximum absolute atomic E-state index is 12.4. The number of methoxy groups -OCH3 is 1. The molecule has 0 atom stereocenters. The second-order valence-electron chi connectivity index (χ2n) is 5.97. The van der Waals surface area contributed by atoms with E-state index in [1.54, 1.807) is 25.6 Å². The van der Waals surface area contributed by atoms with Crippen molar-refractivity contribution in [1.29, 1.82) is 0 Å². The number of hydrogen-bond donors (Lipinski definition) is 2. The predicted molar refractivity (Wildman–Crippen MR) is 107 cm³/mol. The van der Waals surface area contributed by atoms with Crippen LogP contribution >= 0.6 is 11.6 Å². The number of nitrogens with one attached hydrogen (secondary N) is 2. The number of carbonyl (C=O) groups is 1. The standard InChI is InChI=1S/C21H20ClN3O2/c1-27-20-8-4-16(5-9-20)12-25-21(26)17-10-19(14-23-13-17)24-11-15-2-6-18(22)7-3-15/h2-10,13-14,24H,11-12H2,1H3,(H,25,26). The normalized spacial score (nSPS) is 10.3. The molecule has 0 fully saturated rings. The topological polar surface area (TPSA) is 63.2 Å². The minimum absolute atomic E-state index is 0.173. The van der Waals surface area contributed by atoms with E-state index in [9.17, 15) is 4.79 Å². The van der Waals surface area contributed by atoms with Crippen molar-refractivity contribution in [2.75, 3.05) is 12.4 Å². The lowest BCUT2D eigenvalue weighted by Crippen LogP contribution is -2.23. The van der Waals surface area contributed by atoms with Crippen molar-refractivity contribution in [1.82, 2.24) is 10.3 Å². The second-order valence-corrected chi connectivity index (χ2v) is 6.41. The molecule has 0 radical (unpaired) electrons. The zero-order valence-corrected chi connectivity index (χ0v) is 15.7. The molecule has 1 heterocycles. The van der Waals surface area contributed by atoms with Crippen LogP contribution in [0, 0.1) is 0 Å². The Labute approximate surface area is 163 Å². The summed E-state index contributed by atoms with van der Waals surface area (Å²) >= 11 is 5.89. The van der Waals surface area contributed by atoms with Gasteiger partial charge in [-0.3, -0.25) is 9.78 Å². The molecule has 0 aliphatic heterocycles. The van der Waals surface area contributed by atoms with E-state index in [0.29, 0.717) is 23.7 Å². The molecular weight excluding hydrogens is 362 g/mol. The van der Waals surface area contributed by atoms with E-state index in [1.165, 1.54) is 0 Å². The molecule has 2 N–H and O–H groups in total. The number of aromatic nitrogens is 1. The van der Waals surface area contributed by atoms with Crippen LogP contribution in [0.15, 0.2) is 67.0 Å². The quantitative estimate of drug-likeness (QED) is 0.641. The van der Waals surface area contributed by atoms with Crippen molar-refractivity contribution in [3.63, 3.8) is 0 Å². The largest absolute Gasteiger partial charge is 0.497 e. The summed E-state index contributed by atoms with van der Waals surface area (Å²) in [5.74, 6) is 0.613. The first-order valence-electron chi connectivity index (χ1n) is 8.48. The summed E-state index contributed by atoms with van der Waals surface area (Å²) < 4.78 is 5.13. The van der Waals surface area contributed by atoms with E-state index < -0.39 is 0 Å². The zero-order chi connectivity index (χ0) is 19.1. The number of halogens is 1. The molecule has 3 aromatic rings. The molecule has 6 heteroatoms. The van der Waals surface area contributed by atoms with Crippen LogP contribution in [0.3, 0.4) is 0 Å². The Kier molecular flexibility index (Phi) is 6.28. The molecular formula is C21H20ClN3O2. The molecule has 1 aromatic heterocycles. The SMILES string of the molecule is COc1ccc(CNC(=O)c2cncc(NCc3ccc(Cl)cc3)c2)cc1. The van der Waals surface area contributed by atoms with E-state index in [1.807, 2.05) is 48.5 Å². The molecule has 1 amide bonds. The van der Waals surface area contributed by atoms with Crippen LogP contribution in [-0.4, -0.2) is 18.0 Å². The first-order valence-corrected chi connectivity index (χ1v) is 8.86. The van der Waals surface area contributed by atoms with Gasteiger partial charge in [0.2, 0.25) is 0 Å². The maximum Gasteiger partial charge on any atom is 0.253 e. The molecule has 0 spiro atoms. The van der Waals surface area contributed by atoms with Gasteiger partial charge in [-0.25, -0.2) is 0 Å². The Hall–Kier alpha value is -3.05. The summed E-state index contributed by atoms with van der Waals surface area (Å²) in [5.41, 5.74) is 3.37. The van der Waals surface area contributed by atoms with Gasteiger partial charge in [0, 0.05) is 30.5 Å². The van der Waals surface area contributed by atoms with E-state index in [2.05, 4.69) is 15.6 Å². The van der Waals surface area contributed by atoms with Gasteiger partial charge in [0.15, 0.2) is 0 Å². The van der Waals surface area contributed by atoms with Crippen molar-refractivity contribution in [3.8, 4) is 5.75 Å². The number of ether oxygens (including phenoxy) is 1. The number of rotatable bonds is 7. The molecule has 3 rings (SSSR count). The average molecular weight is 382 g/mol. The van der Waals surface area contributed by atoms with Gasteiger partial charge in [-0.1, -0.05) is 35.9 Å². The van der Waals surface area contributed by atoms with Crippen molar-refractivity contribution in [2.24, 2.45) is 0 Å². The molecule has 0 aliphatic carbocycles. The number of nitrogens with zero attached hydrogens (tertiary/aromatic N) is 1. The molecule has 0 saturated heterocycles. The van der Waals surface area contributed by atoms with Crippen molar-refractivity contribution in [3.05, 3.63) is 88.7 Å². The summed E-state index contributed by atoms with van der Waals surface area (Å²) in [5, 5.41) is 6.86. The van der Waals surface area contributed by atoms with Crippen LogP contribution in [0.1, 0.15) is 21.5 Å². The number of carbonyl (C=O) groups excluding carboxylic acids is 1. The molecule has 0 unspecified atom stereocenters. The number of amides is 1. The van der Waals surface area contributed by atoms with E-state index in [4.69, 9.17) is 16.3 Å². The van der Waals surface area contributed by atoms with Crippen molar-refractivity contribution < 1.29 is 9.53 Å². The summed E-state index contributed by atoms with van der Waals surface area (Å²) in [4.78, 5) is 16.5. The molecule has 0 bridgehead atoms. The monoisotopic (exact) mass is 381 g/mol. The first-order chi connectivity index (χ1) is 13.1. The molecule has 27 heavy (non-hydrogen) atoms. The Balaban J connectivity index is 1.56. The van der Waals surface area contributed by atoms with Gasteiger partial charge in [0.1, 0.15) is 5.75 Å². The van der Waals surface area contributed by atoms with E-state index >= 15 is 0 Å². The van der Waals surface area contributed by atoms with Crippen molar-refractivity contribution in [2.45, 2.75) is 13.1 Å². The average Bonchev–Trinajstić information content (AvgIpc) is 2.72. The summed E-state index contributed by atoms with van der Waals surface area (Å²) in [6.45, 7) is 1.06. The van der Waals surface area contributed by atoms with Crippen LogP contribution in [0.2, 0.25) is 5.02 Å². The Morgan fingerprint density at radius 3 is 2.37 bits per heavy atom. The molecule has 0 aliphatic rings. The number of hydrogen-bond acceptors (Lipinski definition) is 4. The molecule has 5 nitrogen and oxygen atoms in total. The highest BCUT2D eigenvalue weighted by atomic mass is 35.5. The fraction of sp³-hybridized carbons (Fsp3) is 0.143. The Bertz CT molecular complexity index is 896. The van der Waals surface area contributed by atoms with Gasteiger partial charge in [0.25, 0.3) is 5.91 Å². The fourth-order valence-corrected chi connectivity index (χ4v) is 2.62. The first kappa shape index (κ1) is 18.7.